The highest BCUT2D eigenvalue weighted by atomic mass is 16.5. The molecule has 0 fully saturated rings. The zero-order valence-electron chi connectivity index (χ0n) is 11.6. The third-order valence-corrected chi connectivity index (χ3v) is 2.48. The molecule has 0 unspecified atom stereocenters. The molecule has 1 aromatic rings. The molecule has 0 atom stereocenters. The third-order valence-electron chi connectivity index (χ3n) is 2.48. The number of ether oxygens (including phenoxy) is 2. The molecule has 0 heterocycles. The molecule has 0 aromatic heterocycles. The minimum absolute atomic E-state index is 0.327. The fraction of sp³-hybridized carbons (Fsp3) is 0.385. The number of carbonyl (C=O) groups is 2. The third kappa shape index (κ3) is 5.47. The second kappa shape index (κ2) is 8.63. The van der Waals surface area contributed by atoms with Crippen LogP contribution in [-0.4, -0.2) is 39.8 Å². The number of anilines is 1. The van der Waals surface area contributed by atoms with Crippen LogP contribution in [0.25, 0.3) is 0 Å². The fourth-order valence-electron chi connectivity index (χ4n) is 1.51. The Hall–Kier alpha value is -2.44. The van der Waals surface area contributed by atoms with Crippen LogP contribution in [0.3, 0.4) is 0 Å². The molecule has 1 rings (SSSR count). The summed E-state index contributed by atoms with van der Waals surface area (Å²) < 4.78 is 10.2. The normalized spacial score (nSPS) is 9.50. The molecule has 0 saturated heterocycles. The van der Waals surface area contributed by atoms with E-state index in [-0.39, 0.29) is 6.03 Å². The highest BCUT2D eigenvalue weighted by Crippen LogP contribution is 2.25. The lowest BCUT2D eigenvalue weighted by atomic mass is 10.3. The van der Waals surface area contributed by atoms with E-state index in [1.54, 1.807) is 32.4 Å². The molecule has 0 radical (unpaired) electrons. The average Bonchev–Trinajstić information content (AvgIpc) is 2.46. The SMILES string of the molecule is COc1cc(NC(=O)NCCCNC=O)cc(OC)c1. The zero-order valence-corrected chi connectivity index (χ0v) is 11.6. The number of benzene rings is 1. The van der Waals surface area contributed by atoms with E-state index in [2.05, 4.69) is 16.0 Å². The van der Waals surface area contributed by atoms with E-state index in [0.29, 0.717) is 43.1 Å². The fourth-order valence-corrected chi connectivity index (χ4v) is 1.51. The van der Waals surface area contributed by atoms with Crippen molar-refractivity contribution in [3.05, 3.63) is 18.2 Å². The van der Waals surface area contributed by atoms with Gasteiger partial charge in [0.25, 0.3) is 0 Å². The molecule has 7 heteroatoms. The maximum absolute atomic E-state index is 11.7. The maximum atomic E-state index is 11.7. The lowest BCUT2D eigenvalue weighted by molar-refractivity contribution is -0.109. The van der Waals surface area contributed by atoms with Crippen molar-refractivity contribution in [2.45, 2.75) is 6.42 Å². The molecule has 3 N–H and O–H groups in total. The molecule has 0 spiro atoms. The molecule has 1 aromatic carbocycles. The Bertz CT molecular complexity index is 429. The summed E-state index contributed by atoms with van der Waals surface area (Å²) in [7, 11) is 3.08. The van der Waals surface area contributed by atoms with Crippen molar-refractivity contribution in [2.24, 2.45) is 0 Å². The van der Waals surface area contributed by atoms with Gasteiger partial charge < -0.3 is 25.4 Å². The zero-order chi connectivity index (χ0) is 14.8. The lowest BCUT2D eigenvalue weighted by Crippen LogP contribution is -2.31. The van der Waals surface area contributed by atoms with Gasteiger partial charge in [-0.25, -0.2) is 4.79 Å². The average molecular weight is 281 g/mol. The molecule has 7 nitrogen and oxygen atoms in total. The highest BCUT2D eigenvalue weighted by Gasteiger charge is 2.05. The van der Waals surface area contributed by atoms with Crippen LogP contribution in [0.15, 0.2) is 18.2 Å². The van der Waals surface area contributed by atoms with Gasteiger partial charge in [-0.15, -0.1) is 0 Å². The summed E-state index contributed by atoms with van der Waals surface area (Å²) in [6.45, 7) is 0.991. The summed E-state index contributed by atoms with van der Waals surface area (Å²) in [6, 6.07) is 4.77. The van der Waals surface area contributed by atoms with Crippen LogP contribution >= 0.6 is 0 Å². The van der Waals surface area contributed by atoms with Crippen LogP contribution in [0.1, 0.15) is 6.42 Å². The van der Waals surface area contributed by atoms with Crippen molar-refractivity contribution in [3.63, 3.8) is 0 Å². The van der Waals surface area contributed by atoms with Gasteiger partial charge >= 0.3 is 6.03 Å². The molecule has 20 heavy (non-hydrogen) atoms. The van der Waals surface area contributed by atoms with Gasteiger partial charge in [0.1, 0.15) is 11.5 Å². The van der Waals surface area contributed by atoms with Gasteiger partial charge in [0.2, 0.25) is 6.41 Å². The number of carbonyl (C=O) groups excluding carboxylic acids is 2. The molecular formula is C13H19N3O4. The van der Waals surface area contributed by atoms with Crippen LogP contribution in [0.4, 0.5) is 10.5 Å². The summed E-state index contributed by atoms with van der Waals surface area (Å²) in [6.07, 6.45) is 1.29. The van der Waals surface area contributed by atoms with Gasteiger partial charge in [0, 0.05) is 37.0 Å². The maximum Gasteiger partial charge on any atom is 0.319 e. The first-order chi connectivity index (χ1) is 9.69. The van der Waals surface area contributed by atoms with Crippen LogP contribution < -0.4 is 25.4 Å². The quantitative estimate of drug-likeness (QED) is 0.489. The highest BCUT2D eigenvalue weighted by molar-refractivity contribution is 5.89. The molecule has 0 bridgehead atoms. The first-order valence-corrected chi connectivity index (χ1v) is 6.14. The molecule has 3 amide bonds. The first-order valence-electron chi connectivity index (χ1n) is 6.14. The Kier molecular flexibility index (Phi) is 6.74. The number of rotatable bonds is 8. The standard InChI is InChI=1S/C13H19N3O4/c1-19-11-6-10(7-12(8-11)20-2)16-13(18)15-5-3-4-14-9-17/h6-9H,3-5H2,1-2H3,(H,14,17)(H2,15,16,18). The van der Waals surface area contributed by atoms with E-state index in [0.717, 1.165) is 0 Å². The summed E-state index contributed by atoms with van der Waals surface area (Å²) in [4.78, 5) is 21.7. The van der Waals surface area contributed by atoms with Crippen molar-refractivity contribution in [2.75, 3.05) is 32.6 Å². The van der Waals surface area contributed by atoms with Gasteiger partial charge in [-0.1, -0.05) is 0 Å². The predicted molar refractivity (Wildman–Crippen MR) is 75.3 cm³/mol. The van der Waals surface area contributed by atoms with Crippen LogP contribution in [-0.2, 0) is 4.79 Å². The van der Waals surface area contributed by atoms with E-state index in [1.807, 2.05) is 0 Å². The summed E-state index contributed by atoms with van der Waals surface area (Å²) in [5.41, 5.74) is 0.574. The van der Waals surface area contributed by atoms with E-state index in [4.69, 9.17) is 9.47 Å². The van der Waals surface area contributed by atoms with Crippen molar-refractivity contribution in [1.29, 1.82) is 0 Å². The number of hydrogen-bond acceptors (Lipinski definition) is 4. The molecule has 0 saturated carbocycles. The van der Waals surface area contributed by atoms with E-state index in [1.165, 1.54) is 0 Å². The van der Waals surface area contributed by atoms with E-state index < -0.39 is 0 Å². The van der Waals surface area contributed by atoms with Gasteiger partial charge in [-0.2, -0.15) is 0 Å². The molecule has 0 aliphatic carbocycles. The largest absolute Gasteiger partial charge is 0.497 e. The Morgan fingerprint density at radius 1 is 1.15 bits per heavy atom. The van der Waals surface area contributed by atoms with Crippen molar-refractivity contribution >= 4 is 18.1 Å². The Balaban J connectivity index is 2.46. The monoisotopic (exact) mass is 281 g/mol. The number of methoxy groups -OCH3 is 2. The topological polar surface area (TPSA) is 88.7 Å². The first kappa shape index (κ1) is 15.6. The summed E-state index contributed by atoms with van der Waals surface area (Å²) in [5, 5.41) is 7.88. The minimum Gasteiger partial charge on any atom is -0.497 e. The summed E-state index contributed by atoms with van der Waals surface area (Å²) >= 11 is 0. The number of amides is 3. The summed E-state index contributed by atoms with van der Waals surface area (Å²) in [5.74, 6) is 1.18. The predicted octanol–water partition coefficient (Wildman–Crippen LogP) is 0.961. The van der Waals surface area contributed by atoms with E-state index >= 15 is 0 Å². The molecular weight excluding hydrogens is 262 g/mol. The van der Waals surface area contributed by atoms with Crippen molar-refractivity contribution < 1.29 is 19.1 Å². The van der Waals surface area contributed by atoms with Gasteiger partial charge in [-0.05, 0) is 6.42 Å². The second-order valence-corrected chi connectivity index (χ2v) is 3.91. The van der Waals surface area contributed by atoms with Crippen LogP contribution in [0, 0.1) is 0 Å². The second-order valence-electron chi connectivity index (χ2n) is 3.91. The lowest BCUT2D eigenvalue weighted by Gasteiger charge is -2.10. The number of hydrogen-bond donors (Lipinski definition) is 3. The van der Waals surface area contributed by atoms with Crippen LogP contribution in [0.5, 0.6) is 11.5 Å². The number of nitrogens with one attached hydrogen (secondary N) is 3. The van der Waals surface area contributed by atoms with Crippen molar-refractivity contribution in [3.8, 4) is 11.5 Å². The minimum atomic E-state index is -0.327. The molecule has 0 aliphatic heterocycles. The molecule has 110 valence electrons. The van der Waals surface area contributed by atoms with Crippen LogP contribution in [0.2, 0.25) is 0 Å². The van der Waals surface area contributed by atoms with E-state index in [9.17, 15) is 9.59 Å². The van der Waals surface area contributed by atoms with Gasteiger partial charge in [0.15, 0.2) is 0 Å². The van der Waals surface area contributed by atoms with Crippen molar-refractivity contribution in [1.82, 2.24) is 10.6 Å². The van der Waals surface area contributed by atoms with Gasteiger partial charge in [-0.3, -0.25) is 4.79 Å². The smallest absolute Gasteiger partial charge is 0.319 e. The Morgan fingerprint density at radius 2 is 1.80 bits per heavy atom. The number of urea groups is 1. The Morgan fingerprint density at radius 3 is 2.35 bits per heavy atom. The Labute approximate surface area is 117 Å². The molecule has 0 aliphatic rings. The van der Waals surface area contributed by atoms with Gasteiger partial charge in [0.05, 0.1) is 14.2 Å².